The second-order valence-electron chi connectivity index (χ2n) is 11.1. The average molecular weight is 475 g/mol. The number of hydrogen-bond donors (Lipinski definition) is 0. The molecule has 0 spiro atoms. The maximum Gasteiger partial charge on any atom is 0.330 e. The van der Waals surface area contributed by atoms with Gasteiger partial charge in [0.05, 0.1) is 12.7 Å². The molecule has 0 fully saturated rings. The number of carbonyl (C=O) groups is 1. The number of hydrogen-bond acceptors (Lipinski definition) is 3. The number of allylic oxidation sites excluding steroid dienone is 8. The van der Waals surface area contributed by atoms with Crippen molar-refractivity contribution in [2.24, 2.45) is 11.8 Å². The molecule has 0 heterocycles. The van der Waals surface area contributed by atoms with E-state index in [0.717, 1.165) is 17.6 Å². The van der Waals surface area contributed by atoms with Gasteiger partial charge in [0, 0.05) is 6.08 Å². The Morgan fingerprint density at radius 1 is 0.939 bits per heavy atom. The number of rotatable bonds is 12. The van der Waals surface area contributed by atoms with Gasteiger partial charge in [0.2, 0.25) is 0 Å². The van der Waals surface area contributed by atoms with Gasteiger partial charge in [0.25, 0.3) is 0 Å². The van der Waals surface area contributed by atoms with E-state index in [4.69, 9.17) is 9.16 Å². The minimum atomic E-state index is -1.87. The summed E-state index contributed by atoms with van der Waals surface area (Å²) < 4.78 is 11.8. The van der Waals surface area contributed by atoms with Crippen molar-refractivity contribution in [2.45, 2.75) is 99.9 Å². The fourth-order valence-electron chi connectivity index (χ4n) is 3.22. The highest BCUT2D eigenvalue weighted by Gasteiger charge is 2.39. The van der Waals surface area contributed by atoms with Crippen LogP contribution in [0.25, 0.3) is 0 Å². The summed E-state index contributed by atoms with van der Waals surface area (Å²) in [5.74, 6) is 0.804. The largest absolute Gasteiger partial charge is 0.463 e. The minimum Gasteiger partial charge on any atom is -0.463 e. The lowest BCUT2D eigenvalue weighted by Gasteiger charge is -2.40. The Labute approximate surface area is 205 Å². The number of esters is 1. The van der Waals surface area contributed by atoms with E-state index >= 15 is 0 Å². The van der Waals surface area contributed by atoms with Crippen LogP contribution in [0.4, 0.5) is 0 Å². The molecular formula is C29H50O3Si. The maximum atomic E-state index is 11.4. The van der Waals surface area contributed by atoms with E-state index in [1.807, 2.05) is 13.0 Å². The van der Waals surface area contributed by atoms with Gasteiger partial charge in [0.15, 0.2) is 8.32 Å². The van der Waals surface area contributed by atoms with Crippen LogP contribution in [0.5, 0.6) is 0 Å². The summed E-state index contributed by atoms with van der Waals surface area (Å²) in [5, 5.41) is 0.187. The van der Waals surface area contributed by atoms with Crippen molar-refractivity contribution >= 4 is 14.3 Å². The molecule has 0 rings (SSSR count). The molecule has 4 heteroatoms. The molecule has 0 bridgehead atoms. The zero-order valence-electron chi connectivity index (χ0n) is 23.4. The molecule has 0 unspecified atom stereocenters. The average Bonchev–Trinajstić information content (AvgIpc) is 2.64. The van der Waals surface area contributed by atoms with Gasteiger partial charge >= 0.3 is 5.97 Å². The molecule has 0 aromatic carbocycles. The first kappa shape index (κ1) is 31.3. The molecule has 0 N–H and O–H groups in total. The van der Waals surface area contributed by atoms with Crippen molar-refractivity contribution < 1.29 is 14.0 Å². The van der Waals surface area contributed by atoms with Gasteiger partial charge < -0.3 is 9.16 Å². The summed E-state index contributed by atoms with van der Waals surface area (Å²) in [6.45, 7) is 26.8. The van der Waals surface area contributed by atoms with Crippen molar-refractivity contribution in [3.05, 3.63) is 59.3 Å². The lowest BCUT2D eigenvalue weighted by Crippen LogP contribution is -2.45. The van der Waals surface area contributed by atoms with Crippen LogP contribution in [-0.2, 0) is 14.0 Å². The fraction of sp³-hybridized carbons (Fsp3) is 0.621. The second kappa shape index (κ2) is 14.6. The molecule has 0 aliphatic carbocycles. The monoisotopic (exact) mass is 474 g/mol. The standard InChI is InChI=1S/C29H50O3Si/c1-13-31-28(30)18-17-25(6)20-23(4)15-14-16-24(5)21-27(26(7)19-22(2)3)32-33(11,12)29(8,9)10/h14-18,20-22,26-27H,13,19H2,1-12H3/b16-14+,18-17+,23-15+,24-21+,25-20+/t26-,27-/m0/s1. The van der Waals surface area contributed by atoms with Crippen LogP contribution >= 0.6 is 0 Å². The van der Waals surface area contributed by atoms with Crippen LogP contribution in [0.2, 0.25) is 18.1 Å². The molecule has 0 radical (unpaired) electrons. The third-order valence-corrected chi connectivity index (χ3v) is 10.5. The predicted molar refractivity (Wildman–Crippen MR) is 147 cm³/mol. The fourth-order valence-corrected chi connectivity index (χ4v) is 4.55. The Bertz CT molecular complexity index is 758. The van der Waals surface area contributed by atoms with Crippen molar-refractivity contribution in [3.8, 4) is 0 Å². The van der Waals surface area contributed by atoms with E-state index in [1.165, 1.54) is 11.6 Å². The molecule has 0 aliphatic heterocycles. The molecule has 3 nitrogen and oxygen atoms in total. The summed E-state index contributed by atoms with van der Waals surface area (Å²) in [6.07, 6.45) is 15.2. The van der Waals surface area contributed by atoms with E-state index in [0.29, 0.717) is 18.4 Å². The first-order valence-corrected chi connectivity index (χ1v) is 15.2. The van der Waals surface area contributed by atoms with Crippen molar-refractivity contribution in [2.75, 3.05) is 6.61 Å². The van der Waals surface area contributed by atoms with Crippen LogP contribution in [-0.4, -0.2) is 27.0 Å². The smallest absolute Gasteiger partial charge is 0.330 e. The highest BCUT2D eigenvalue weighted by molar-refractivity contribution is 6.74. The van der Waals surface area contributed by atoms with E-state index in [1.54, 1.807) is 13.0 Å². The predicted octanol–water partition coefficient (Wildman–Crippen LogP) is 8.57. The van der Waals surface area contributed by atoms with Gasteiger partial charge in [-0.3, -0.25) is 0 Å². The van der Waals surface area contributed by atoms with Crippen LogP contribution in [0.15, 0.2) is 59.3 Å². The van der Waals surface area contributed by atoms with Gasteiger partial charge in [-0.2, -0.15) is 0 Å². The summed E-state index contributed by atoms with van der Waals surface area (Å²) in [5.41, 5.74) is 3.33. The zero-order chi connectivity index (χ0) is 25.8. The molecule has 188 valence electrons. The second-order valence-corrected chi connectivity index (χ2v) is 15.9. The summed E-state index contributed by atoms with van der Waals surface area (Å²) in [7, 11) is -1.87. The van der Waals surface area contributed by atoms with Crippen molar-refractivity contribution in [1.29, 1.82) is 0 Å². The summed E-state index contributed by atoms with van der Waals surface area (Å²) in [6, 6.07) is 0. The molecule has 0 aliphatic rings. The van der Waals surface area contributed by atoms with Crippen LogP contribution in [0.1, 0.15) is 75.7 Å². The molecule has 0 saturated heterocycles. The molecular weight excluding hydrogens is 424 g/mol. The number of ether oxygens (including phenoxy) is 1. The molecule has 0 saturated carbocycles. The van der Waals surface area contributed by atoms with Crippen molar-refractivity contribution in [1.82, 2.24) is 0 Å². The molecule has 0 aromatic heterocycles. The van der Waals surface area contributed by atoms with E-state index in [9.17, 15) is 4.79 Å². The quantitative estimate of drug-likeness (QED) is 0.123. The molecule has 2 atom stereocenters. The lowest BCUT2D eigenvalue weighted by molar-refractivity contribution is -0.137. The minimum absolute atomic E-state index is 0.123. The van der Waals surface area contributed by atoms with Crippen LogP contribution in [0.3, 0.4) is 0 Å². The van der Waals surface area contributed by atoms with E-state index in [-0.39, 0.29) is 17.1 Å². The van der Waals surface area contributed by atoms with Gasteiger partial charge in [-0.15, -0.1) is 0 Å². The van der Waals surface area contributed by atoms with Crippen LogP contribution < -0.4 is 0 Å². The maximum absolute atomic E-state index is 11.4. The number of carbonyl (C=O) groups excluding carboxylic acids is 1. The first-order chi connectivity index (χ1) is 15.1. The van der Waals surface area contributed by atoms with Gasteiger partial charge in [-0.05, 0) is 64.1 Å². The van der Waals surface area contributed by atoms with E-state index < -0.39 is 8.32 Å². The normalized spacial score (nSPS) is 16.7. The Morgan fingerprint density at radius 2 is 1.55 bits per heavy atom. The SMILES string of the molecule is CCOC(=O)/C=C/C(C)=C/C(C)=C/C=C/C(C)=C/[C@H](O[Si](C)(C)C(C)(C)C)[C@@H](C)CC(C)C. The Morgan fingerprint density at radius 3 is 2.06 bits per heavy atom. The summed E-state index contributed by atoms with van der Waals surface area (Å²) in [4.78, 5) is 11.4. The molecule has 0 aromatic rings. The zero-order valence-corrected chi connectivity index (χ0v) is 24.4. The Hall–Kier alpha value is -1.65. The Balaban J connectivity index is 5.47. The van der Waals surface area contributed by atoms with Crippen molar-refractivity contribution in [3.63, 3.8) is 0 Å². The van der Waals surface area contributed by atoms with Gasteiger partial charge in [-0.1, -0.05) is 94.7 Å². The Kier molecular flexibility index (Phi) is 13.8. The van der Waals surface area contributed by atoms with E-state index in [2.05, 4.69) is 92.8 Å². The lowest BCUT2D eigenvalue weighted by atomic mass is 9.93. The highest BCUT2D eigenvalue weighted by atomic mass is 28.4. The van der Waals surface area contributed by atoms with Gasteiger partial charge in [0.1, 0.15) is 0 Å². The third kappa shape index (κ3) is 13.6. The van der Waals surface area contributed by atoms with Gasteiger partial charge in [-0.25, -0.2) is 4.79 Å². The van der Waals surface area contributed by atoms with Crippen LogP contribution in [0, 0.1) is 11.8 Å². The highest BCUT2D eigenvalue weighted by Crippen LogP contribution is 2.39. The molecule has 0 amide bonds. The third-order valence-electron chi connectivity index (χ3n) is 6.01. The topological polar surface area (TPSA) is 35.5 Å². The molecule has 33 heavy (non-hydrogen) atoms. The summed E-state index contributed by atoms with van der Waals surface area (Å²) >= 11 is 0. The first-order valence-electron chi connectivity index (χ1n) is 12.3.